The fourth-order valence-electron chi connectivity index (χ4n) is 9.33. The zero-order valence-electron chi connectivity index (χ0n) is 46.7. The van der Waals surface area contributed by atoms with E-state index in [0.717, 1.165) is 77.0 Å². The number of allylic oxidation sites excluding steroid dienone is 7. The zero-order valence-corrected chi connectivity index (χ0v) is 46.7. The van der Waals surface area contributed by atoms with Gasteiger partial charge in [-0.1, -0.05) is 268 Å². The number of nitrogens with one attached hydrogen (secondary N) is 1. The summed E-state index contributed by atoms with van der Waals surface area (Å²) in [4.78, 5) is 24.5. The number of unbranched alkanes of at least 4 members (excludes halogenated alkanes) is 41. The van der Waals surface area contributed by atoms with Gasteiger partial charge in [0, 0.05) is 12.8 Å². The van der Waals surface area contributed by atoms with Crippen molar-refractivity contribution in [3.63, 3.8) is 0 Å². The minimum atomic E-state index is -0.852. The summed E-state index contributed by atoms with van der Waals surface area (Å²) in [6.07, 6.45) is 75.7. The molecule has 0 aromatic heterocycles. The Kier molecular flexibility index (Phi) is 57.5. The van der Waals surface area contributed by atoms with Gasteiger partial charge in [-0.3, -0.25) is 9.59 Å². The summed E-state index contributed by atoms with van der Waals surface area (Å²) < 4.78 is 5.47. The topological polar surface area (TPSA) is 95.9 Å². The first-order valence-corrected chi connectivity index (χ1v) is 30.9. The molecule has 0 heterocycles. The molecule has 0 aromatic carbocycles. The number of aliphatic hydroxyl groups excluding tert-OH is 2. The van der Waals surface area contributed by atoms with Crippen molar-refractivity contribution < 1.29 is 24.5 Å². The molecular formula is C64H119NO5. The lowest BCUT2D eigenvalue weighted by Crippen LogP contribution is -2.45. The monoisotopic (exact) mass is 982 g/mol. The number of hydrogen-bond acceptors (Lipinski definition) is 5. The van der Waals surface area contributed by atoms with Gasteiger partial charge in [0.05, 0.1) is 25.4 Å². The summed E-state index contributed by atoms with van der Waals surface area (Å²) in [5.41, 5.74) is 0. The van der Waals surface area contributed by atoms with E-state index in [0.29, 0.717) is 19.4 Å². The molecule has 0 saturated heterocycles. The second-order valence-electron chi connectivity index (χ2n) is 21.1. The highest BCUT2D eigenvalue weighted by atomic mass is 16.5. The average Bonchev–Trinajstić information content (AvgIpc) is 3.36. The maximum atomic E-state index is 12.5. The molecule has 1 amide bonds. The van der Waals surface area contributed by atoms with Crippen molar-refractivity contribution in [2.24, 2.45) is 0 Å². The fourth-order valence-corrected chi connectivity index (χ4v) is 9.33. The lowest BCUT2D eigenvalue weighted by atomic mass is 10.0. The first kappa shape index (κ1) is 67.8. The Morgan fingerprint density at radius 1 is 0.400 bits per heavy atom. The Bertz CT molecular complexity index is 1180. The van der Waals surface area contributed by atoms with Crippen LogP contribution in [0.4, 0.5) is 0 Å². The third-order valence-electron chi connectivity index (χ3n) is 14.1. The van der Waals surface area contributed by atoms with E-state index in [2.05, 4.69) is 55.6 Å². The Morgan fingerprint density at radius 3 is 1.10 bits per heavy atom. The van der Waals surface area contributed by atoms with E-state index >= 15 is 0 Å². The van der Waals surface area contributed by atoms with Gasteiger partial charge in [-0.25, -0.2) is 0 Å². The number of ether oxygens (including phenoxy) is 1. The van der Waals surface area contributed by atoms with Crippen molar-refractivity contribution >= 4 is 11.9 Å². The van der Waals surface area contributed by atoms with E-state index in [1.807, 2.05) is 6.08 Å². The van der Waals surface area contributed by atoms with Gasteiger partial charge in [-0.05, 0) is 89.9 Å². The van der Waals surface area contributed by atoms with Crippen LogP contribution in [0.1, 0.15) is 322 Å². The van der Waals surface area contributed by atoms with Gasteiger partial charge in [-0.15, -0.1) is 0 Å². The zero-order chi connectivity index (χ0) is 50.7. The molecule has 0 aliphatic heterocycles. The third-order valence-corrected chi connectivity index (χ3v) is 14.1. The van der Waals surface area contributed by atoms with Crippen LogP contribution in [0.15, 0.2) is 48.6 Å². The summed E-state index contributed by atoms with van der Waals surface area (Å²) in [6, 6.07) is -0.637. The molecule has 70 heavy (non-hydrogen) atoms. The molecule has 0 saturated carbocycles. The number of carbonyl (C=O) groups excluding carboxylic acids is 2. The Hall–Kier alpha value is -2.18. The van der Waals surface area contributed by atoms with Crippen molar-refractivity contribution in [2.75, 3.05) is 13.2 Å². The minimum absolute atomic E-state index is 0.0172. The van der Waals surface area contributed by atoms with Gasteiger partial charge >= 0.3 is 5.97 Å². The van der Waals surface area contributed by atoms with Crippen LogP contribution in [0.25, 0.3) is 0 Å². The summed E-state index contributed by atoms with van der Waals surface area (Å²) in [5, 5.41) is 23.1. The number of hydrogen-bond donors (Lipinski definition) is 3. The Labute approximate surface area is 436 Å². The van der Waals surface area contributed by atoms with Crippen LogP contribution in [0.3, 0.4) is 0 Å². The SMILES string of the molecule is CCCCCCCCC/C=C\CCCCCCCCCC(=O)OCCCCC/C=C\C=C/CCCCCCCCCCCCC(=O)NC(CO)C(O)/C=C/CCCCCCCCCCCCCCCC. The lowest BCUT2D eigenvalue weighted by molar-refractivity contribution is -0.143. The van der Waals surface area contributed by atoms with Crippen molar-refractivity contribution in [3.8, 4) is 0 Å². The normalized spacial score (nSPS) is 12.9. The molecule has 0 bridgehead atoms. The summed E-state index contributed by atoms with van der Waals surface area (Å²) in [6.45, 7) is 4.87. The number of carbonyl (C=O) groups is 2. The van der Waals surface area contributed by atoms with E-state index in [1.165, 1.54) is 218 Å². The number of esters is 1. The molecule has 6 nitrogen and oxygen atoms in total. The Morgan fingerprint density at radius 2 is 0.714 bits per heavy atom. The smallest absolute Gasteiger partial charge is 0.305 e. The first-order chi connectivity index (χ1) is 34.5. The molecule has 0 fully saturated rings. The quantitative estimate of drug-likeness (QED) is 0.0244. The minimum Gasteiger partial charge on any atom is -0.466 e. The number of amides is 1. The van der Waals surface area contributed by atoms with E-state index < -0.39 is 12.1 Å². The largest absolute Gasteiger partial charge is 0.466 e. The van der Waals surface area contributed by atoms with E-state index in [1.54, 1.807) is 6.08 Å². The molecule has 0 aromatic rings. The van der Waals surface area contributed by atoms with E-state index in [-0.39, 0.29) is 18.5 Å². The Balaban J connectivity index is 3.50. The van der Waals surface area contributed by atoms with Gasteiger partial charge < -0.3 is 20.3 Å². The van der Waals surface area contributed by atoms with Crippen LogP contribution < -0.4 is 5.32 Å². The molecule has 0 radical (unpaired) electrons. The number of aliphatic hydroxyl groups is 2. The molecular weight excluding hydrogens is 863 g/mol. The average molecular weight is 983 g/mol. The van der Waals surface area contributed by atoms with Crippen LogP contribution in [-0.2, 0) is 14.3 Å². The van der Waals surface area contributed by atoms with Crippen molar-refractivity contribution in [1.29, 1.82) is 0 Å². The summed E-state index contributed by atoms with van der Waals surface area (Å²) in [7, 11) is 0. The van der Waals surface area contributed by atoms with E-state index in [4.69, 9.17) is 4.74 Å². The summed E-state index contributed by atoms with van der Waals surface area (Å²) in [5.74, 6) is -0.0944. The highest BCUT2D eigenvalue weighted by Gasteiger charge is 2.18. The predicted molar refractivity (Wildman–Crippen MR) is 306 cm³/mol. The summed E-state index contributed by atoms with van der Waals surface area (Å²) >= 11 is 0. The van der Waals surface area contributed by atoms with Gasteiger partial charge in [-0.2, -0.15) is 0 Å². The van der Waals surface area contributed by atoms with Crippen LogP contribution in [0.5, 0.6) is 0 Å². The molecule has 0 aliphatic rings. The highest BCUT2D eigenvalue weighted by Crippen LogP contribution is 2.16. The number of rotatable bonds is 57. The third kappa shape index (κ3) is 55.1. The second-order valence-corrected chi connectivity index (χ2v) is 21.1. The van der Waals surface area contributed by atoms with Gasteiger partial charge in [0.1, 0.15) is 0 Å². The molecule has 2 atom stereocenters. The maximum absolute atomic E-state index is 12.5. The molecule has 0 aliphatic carbocycles. The van der Waals surface area contributed by atoms with Crippen molar-refractivity contribution in [1.82, 2.24) is 5.32 Å². The maximum Gasteiger partial charge on any atom is 0.305 e. The van der Waals surface area contributed by atoms with Gasteiger partial charge in [0.15, 0.2) is 0 Å². The second kappa shape index (κ2) is 59.4. The predicted octanol–water partition coefficient (Wildman–Crippen LogP) is 19.4. The van der Waals surface area contributed by atoms with Crippen LogP contribution in [0.2, 0.25) is 0 Å². The molecule has 0 rings (SSSR count). The molecule has 410 valence electrons. The first-order valence-electron chi connectivity index (χ1n) is 30.9. The molecule has 0 spiro atoms. The van der Waals surface area contributed by atoms with Crippen molar-refractivity contribution in [2.45, 2.75) is 334 Å². The van der Waals surface area contributed by atoms with Crippen molar-refractivity contribution in [3.05, 3.63) is 48.6 Å². The molecule has 6 heteroatoms. The van der Waals surface area contributed by atoms with Gasteiger partial charge in [0.25, 0.3) is 0 Å². The van der Waals surface area contributed by atoms with Gasteiger partial charge in [0.2, 0.25) is 5.91 Å². The molecule has 2 unspecified atom stereocenters. The fraction of sp³-hybridized carbons (Fsp3) is 0.844. The van der Waals surface area contributed by atoms with Crippen LogP contribution >= 0.6 is 0 Å². The van der Waals surface area contributed by atoms with E-state index in [9.17, 15) is 19.8 Å². The van der Waals surface area contributed by atoms with Crippen LogP contribution in [0, 0.1) is 0 Å². The lowest BCUT2D eigenvalue weighted by Gasteiger charge is -2.20. The standard InChI is InChI=1S/C64H119NO5/c1-3-5-7-9-11-13-15-17-19-21-26-30-34-38-42-46-50-54-58-64(69)70-59-55-51-47-43-39-35-31-27-24-22-23-25-29-33-37-41-45-49-53-57-63(68)65-61(60-66)62(67)56-52-48-44-40-36-32-28-20-18-16-14-12-10-8-6-4-2/h19,21,27,31,35,39,52,56,61-62,66-67H,3-18,20,22-26,28-30,32-34,36-38,40-51,53-55,57-60H2,1-2H3,(H,65,68)/b21-19-,31-27-,39-35-,56-52+. The highest BCUT2D eigenvalue weighted by molar-refractivity contribution is 5.76. The molecule has 3 N–H and O–H groups in total. The van der Waals surface area contributed by atoms with Crippen LogP contribution in [-0.4, -0.2) is 47.4 Å².